The summed E-state index contributed by atoms with van der Waals surface area (Å²) in [6, 6.07) is 8.01. The number of aliphatic hydroxyl groups excluding tert-OH is 1. The molecule has 2 saturated heterocycles. The Balaban J connectivity index is 1.55. The van der Waals surface area contributed by atoms with Gasteiger partial charge >= 0.3 is 0 Å². The molecule has 3 rings (SSSR count). The second kappa shape index (κ2) is 13.9. The Morgan fingerprint density at radius 1 is 1.11 bits per heavy atom. The molecule has 1 aromatic rings. The molecule has 2 unspecified atom stereocenters. The predicted molar refractivity (Wildman–Crippen MR) is 150 cm³/mol. The van der Waals surface area contributed by atoms with Gasteiger partial charge in [-0.3, -0.25) is 24.1 Å². The van der Waals surface area contributed by atoms with Gasteiger partial charge in [-0.25, -0.2) is 0 Å². The number of likely N-dealkylation sites (N-methyl/N-ethyl adjacent to an activating group) is 1. The summed E-state index contributed by atoms with van der Waals surface area (Å²) >= 11 is 3.91. The van der Waals surface area contributed by atoms with Crippen molar-refractivity contribution in [3.05, 3.63) is 35.9 Å². The van der Waals surface area contributed by atoms with E-state index in [1.807, 2.05) is 36.5 Å². The minimum atomic E-state index is -1.28. The van der Waals surface area contributed by atoms with Crippen molar-refractivity contribution < 1.29 is 24.3 Å². The number of hydrogen-bond donors (Lipinski definition) is 2. The van der Waals surface area contributed by atoms with Crippen molar-refractivity contribution in [2.24, 2.45) is 5.92 Å². The van der Waals surface area contributed by atoms with E-state index < -0.39 is 29.8 Å². The predicted octanol–water partition coefficient (Wildman–Crippen LogP) is 3.79. The van der Waals surface area contributed by atoms with Gasteiger partial charge in [-0.05, 0) is 37.8 Å². The van der Waals surface area contributed by atoms with Gasteiger partial charge in [0.1, 0.15) is 17.9 Å². The molecule has 2 heterocycles. The van der Waals surface area contributed by atoms with E-state index in [9.17, 15) is 24.3 Å². The van der Waals surface area contributed by atoms with Crippen LogP contribution >= 0.6 is 23.5 Å². The quantitative estimate of drug-likeness (QED) is 0.362. The Morgan fingerprint density at radius 2 is 1.78 bits per heavy atom. The lowest BCUT2D eigenvalue weighted by Crippen LogP contribution is -2.39. The molecular formula is C28H40N2O5S2. The Kier molecular flexibility index (Phi) is 11.2. The Labute approximate surface area is 228 Å². The first-order chi connectivity index (χ1) is 17.7. The molecule has 2 aliphatic heterocycles. The van der Waals surface area contributed by atoms with Gasteiger partial charge in [0.2, 0.25) is 5.91 Å². The molecule has 1 spiro atoms. The molecule has 0 bridgehead atoms. The van der Waals surface area contributed by atoms with E-state index in [4.69, 9.17) is 0 Å². The van der Waals surface area contributed by atoms with E-state index in [2.05, 4.69) is 17.1 Å². The molecule has 2 N–H and O–H groups in total. The number of ketones is 3. The lowest BCUT2D eigenvalue weighted by Gasteiger charge is -2.26. The average molecular weight is 549 g/mol. The first-order valence-electron chi connectivity index (χ1n) is 13.3. The number of amides is 1. The van der Waals surface area contributed by atoms with Gasteiger partial charge in [-0.2, -0.15) is 0 Å². The highest BCUT2D eigenvalue weighted by Gasteiger charge is 2.49. The van der Waals surface area contributed by atoms with Gasteiger partial charge in [0.15, 0.2) is 11.6 Å². The Hall–Kier alpha value is -1.68. The van der Waals surface area contributed by atoms with Crippen molar-refractivity contribution in [2.75, 3.05) is 24.6 Å². The summed E-state index contributed by atoms with van der Waals surface area (Å²) in [7, 11) is 0. The first-order valence-corrected chi connectivity index (χ1v) is 15.3. The van der Waals surface area contributed by atoms with Crippen molar-refractivity contribution in [3.63, 3.8) is 0 Å². The third-order valence-corrected chi connectivity index (χ3v) is 10.7. The molecule has 9 heteroatoms. The molecule has 0 saturated carbocycles. The molecule has 2 fully saturated rings. The molecule has 1 aromatic carbocycles. The van der Waals surface area contributed by atoms with Crippen LogP contribution in [-0.4, -0.2) is 74.1 Å². The fourth-order valence-corrected chi connectivity index (χ4v) is 8.66. The van der Waals surface area contributed by atoms with Crippen LogP contribution in [0.5, 0.6) is 0 Å². The van der Waals surface area contributed by atoms with Crippen LogP contribution in [0.3, 0.4) is 0 Å². The third-order valence-electron chi connectivity index (χ3n) is 7.32. The van der Waals surface area contributed by atoms with Crippen LogP contribution in [0.2, 0.25) is 0 Å². The lowest BCUT2D eigenvalue weighted by atomic mass is 9.86. The highest BCUT2D eigenvalue weighted by atomic mass is 32.2. The number of likely N-dealkylation sites (tertiary alicyclic amines) is 1. The Morgan fingerprint density at radius 3 is 2.38 bits per heavy atom. The highest BCUT2D eigenvalue weighted by molar-refractivity contribution is 8.21. The third kappa shape index (κ3) is 7.91. The Bertz CT molecular complexity index is 951. The van der Waals surface area contributed by atoms with E-state index in [1.165, 1.54) is 6.92 Å². The maximum atomic E-state index is 13.4. The molecule has 1 amide bonds. The lowest BCUT2D eigenvalue weighted by molar-refractivity contribution is -0.134. The van der Waals surface area contributed by atoms with Gasteiger partial charge < -0.3 is 10.4 Å². The standard InChI is InChI=1S/C28H40N2O5S2/c1-4-9-21(16-24(33)22-17-28(18-30(22)5-2)36-14-15-37-28)27(35)23(32)12-13-25(34)29-26(19(3)31)20-10-7-6-8-11-20/h6-8,10-11,21-22,26-27,35H,4-5,9,12-18H2,1-3H3,(H,29,34)/t21?,22-,26+,27?/m0/s1. The van der Waals surface area contributed by atoms with Crippen LogP contribution < -0.4 is 5.32 Å². The number of nitrogens with zero attached hydrogens (tertiary/aromatic N) is 1. The number of carbonyl (C=O) groups is 4. The van der Waals surface area contributed by atoms with Gasteiger partial charge in [0.05, 0.1) is 10.1 Å². The SMILES string of the molecule is CCCC(CC(=O)[C@@H]1CC2(CN1CC)SCCS2)C(O)C(=O)CCC(=O)N[C@H](C(C)=O)c1ccccc1. The zero-order valence-electron chi connectivity index (χ0n) is 22.1. The minimum Gasteiger partial charge on any atom is -0.385 e. The van der Waals surface area contributed by atoms with Crippen molar-refractivity contribution in [3.8, 4) is 0 Å². The molecule has 4 atom stereocenters. The number of hydrogen-bond acceptors (Lipinski definition) is 8. The summed E-state index contributed by atoms with van der Waals surface area (Å²) in [6.45, 7) is 7.16. The second-order valence-electron chi connectivity index (χ2n) is 10.0. The molecule has 2 aliphatic rings. The maximum absolute atomic E-state index is 13.4. The smallest absolute Gasteiger partial charge is 0.221 e. The zero-order valence-corrected chi connectivity index (χ0v) is 23.7. The van der Waals surface area contributed by atoms with Crippen LogP contribution in [0.25, 0.3) is 0 Å². The molecule has 0 aromatic heterocycles. The van der Waals surface area contributed by atoms with E-state index in [0.717, 1.165) is 37.4 Å². The zero-order chi connectivity index (χ0) is 27.0. The van der Waals surface area contributed by atoms with E-state index in [-0.39, 0.29) is 40.9 Å². The molecule has 0 radical (unpaired) electrons. The highest BCUT2D eigenvalue weighted by Crippen LogP contribution is 2.52. The number of aliphatic hydroxyl groups is 1. The monoisotopic (exact) mass is 548 g/mol. The molecule has 37 heavy (non-hydrogen) atoms. The number of nitrogens with one attached hydrogen (secondary N) is 1. The summed E-state index contributed by atoms with van der Waals surface area (Å²) < 4.78 is 0.0931. The van der Waals surface area contributed by atoms with Gasteiger partial charge in [0.25, 0.3) is 0 Å². The van der Waals surface area contributed by atoms with Crippen LogP contribution in [-0.2, 0) is 19.2 Å². The van der Waals surface area contributed by atoms with Crippen LogP contribution in [0.4, 0.5) is 0 Å². The fraction of sp³-hybridized carbons (Fsp3) is 0.643. The van der Waals surface area contributed by atoms with Crippen LogP contribution in [0.1, 0.15) is 70.9 Å². The second-order valence-corrected chi connectivity index (χ2v) is 13.3. The number of benzene rings is 1. The molecule has 204 valence electrons. The normalized spacial score (nSPS) is 21.5. The van der Waals surface area contributed by atoms with Crippen molar-refractivity contribution in [2.45, 2.75) is 81.6 Å². The van der Waals surface area contributed by atoms with Crippen molar-refractivity contribution >= 4 is 46.8 Å². The molecule has 7 nitrogen and oxygen atoms in total. The van der Waals surface area contributed by atoms with Crippen LogP contribution in [0, 0.1) is 5.92 Å². The topological polar surface area (TPSA) is 104 Å². The summed E-state index contributed by atoms with van der Waals surface area (Å²) in [5.41, 5.74) is 0.681. The minimum absolute atomic E-state index is 0.0931. The van der Waals surface area contributed by atoms with Crippen molar-refractivity contribution in [1.82, 2.24) is 10.2 Å². The number of rotatable bonds is 14. The van der Waals surface area contributed by atoms with E-state index in [1.54, 1.807) is 24.3 Å². The number of carbonyl (C=O) groups excluding carboxylic acids is 4. The van der Waals surface area contributed by atoms with Gasteiger partial charge in [-0.15, -0.1) is 23.5 Å². The van der Waals surface area contributed by atoms with Gasteiger partial charge in [0, 0.05) is 37.3 Å². The van der Waals surface area contributed by atoms with E-state index >= 15 is 0 Å². The maximum Gasteiger partial charge on any atom is 0.221 e. The van der Waals surface area contributed by atoms with Crippen LogP contribution in [0.15, 0.2) is 30.3 Å². The first kappa shape index (κ1) is 29.9. The molecule has 0 aliphatic carbocycles. The number of Topliss-reactive ketones (excluding diaryl/α,β-unsaturated/α-hetero) is 3. The van der Waals surface area contributed by atoms with E-state index in [0.29, 0.717) is 12.0 Å². The summed E-state index contributed by atoms with van der Waals surface area (Å²) in [6.07, 6.45) is 0.757. The fourth-order valence-electron chi connectivity index (χ4n) is 5.35. The van der Waals surface area contributed by atoms with Gasteiger partial charge in [-0.1, -0.05) is 50.6 Å². The molecular weight excluding hydrogens is 508 g/mol. The number of thioether (sulfide) groups is 2. The summed E-state index contributed by atoms with van der Waals surface area (Å²) in [4.78, 5) is 53.1. The summed E-state index contributed by atoms with van der Waals surface area (Å²) in [5, 5.41) is 13.6. The van der Waals surface area contributed by atoms with Crippen molar-refractivity contribution in [1.29, 1.82) is 0 Å². The summed E-state index contributed by atoms with van der Waals surface area (Å²) in [5.74, 6) is 0.814. The largest absolute Gasteiger partial charge is 0.385 e. The average Bonchev–Trinajstić information content (AvgIpc) is 3.51.